The number of fused-ring (bicyclic) bond motifs is 7. The monoisotopic (exact) mass is 677 g/mol. The van der Waals surface area contributed by atoms with Crippen LogP contribution in [-0.4, -0.2) is 4.57 Å². The van der Waals surface area contributed by atoms with Crippen LogP contribution in [0.25, 0.3) is 49.0 Å². The second kappa shape index (κ2) is 12.9. The number of benzene rings is 9. The molecule has 10 rings (SSSR count). The van der Waals surface area contributed by atoms with E-state index in [0.29, 0.717) is 0 Å². The lowest BCUT2D eigenvalue weighted by Crippen LogP contribution is -2.14. The molecule has 0 bridgehead atoms. The average molecular weight is 678 g/mol. The summed E-state index contributed by atoms with van der Waals surface area (Å²) in [6.45, 7) is 0. The molecule has 9 aromatic carbocycles. The van der Waals surface area contributed by atoms with Crippen molar-refractivity contribution in [1.82, 2.24) is 4.57 Å². The van der Waals surface area contributed by atoms with E-state index in [1.54, 1.807) is 0 Å². The van der Waals surface area contributed by atoms with Gasteiger partial charge in [0, 0.05) is 33.5 Å². The zero-order chi connectivity index (χ0) is 35.1. The molecule has 0 aliphatic heterocycles. The van der Waals surface area contributed by atoms with Crippen LogP contribution >= 0.6 is 0 Å². The Balaban J connectivity index is 1.34. The van der Waals surface area contributed by atoms with Gasteiger partial charge in [-0.1, -0.05) is 133 Å². The number of hydrogen-bond donors (Lipinski definition) is 0. The van der Waals surface area contributed by atoms with Crippen LogP contribution in [0.5, 0.6) is 0 Å². The number of anilines is 6. The van der Waals surface area contributed by atoms with Gasteiger partial charge in [0.15, 0.2) is 0 Å². The van der Waals surface area contributed by atoms with Crippen LogP contribution < -0.4 is 9.80 Å². The van der Waals surface area contributed by atoms with Crippen molar-refractivity contribution in [3.8, 4) is 5.69 Å². The van der Waals surface area contributed by atoms with E-state index in [9.17, 15) is 0 Å². The van der Waals surface area contributed by atoms with Crippen LogP contribution in [0.3, 0.4) is 0 Å². The Bertz CT molecular complexity index is 2610. The van der Waals surface area contributed by atoms with Gasteiger partial charge in [0.05, 0.1) is 28.1 Å². The number of hydrogen-bond acceptors (Lipinski definition) is 2. The number of nitrogens with zero attached hydrogens (tertiary/aromatic N) is 3. The molecule has 0 amide bonds. The molecule has 1 aromatic heterocycles. The Morgan fingerprint density at radius 3 is 1.00 bits per heavy atom. The van der Waals surface area contributed by atoms with E-state index in [4.69, 9.17) is 0 Å². The van der Waals surface area contributed by atoms with Crippen molar-refractivity contribution in [3.05, 3.63) is 212 Å². The molecular weight excluding hydrogens is 643 g/mol. The maximum Gasteiger partial charge on any atom is 0.0547 e. The molecule has 0 spiro atoms. The minimum Gasteiger partial charge on any atom is -0.310 e. The predicted octanol–water partition coefficient (Wildman–Crippen LogP) is 14.0. The molecule has 0 radical (unpaired) electrons. The molecule has 3 heteroatoms. The van der Waals surface area contributed by atoms with Gasteiger partial charge in [-0.15, -0.1) is 0 Å². The fraction of sp³-hybridized carbons (Fsp3) is 0. The van der Waals surface area contributed by atoms with Gasteiger partial charge < -0.3 is 14.4 Å². The number of para-hydroxylation sites is 4. The smallest absolute Gasteiger partial charge is 0.0547 e. The fourth-order valence-electron chi connectivity index (χ4n) is 8.00. The third-order valence-electron chi connectivity index (χ3n) is 10.3. The van der Waals surface area contributed by atoms with Crippen LogP contribution in [0.4, 0.5) is 34.1 Å². The molecule has 0 saturated heterocycles. The van der Waals surface area contributed by atoms with Crippen LogP contribution in [0.15, 0.2) is 212 Å². The lowest BCUT2D eigenvalue weighted by molar-refractivity contribution is 1.16. The summed E-state index contributed by atoms with van der Waals surface area (Å²) >= 11 is 0. The zero-order valence-electron chi connectivity index (χ0n) is 29.0. The second-order valence-electron chi connectivity index (χ2n) is 13.4. The second-order valence-corrected chi connectivity index (χ2v) is 13.4. The van der Waals surface area contributed by atoms with Gasteiger partial charge in [0.25, 0.3) is 0 Å². The molecule has 1 heterocycles. The molecule has 0 saturated carbocycles. The minimum atomic E-state index is 1.06. The quantitative estimate of drug-likeness (QED) is 0.166. The predicted molar refractivity (Wildman–Crippen MR) is 225 cm³/mol. The number of aromatic nitrogens is 1. The highest BCUT2D eigenvalue weighted by molar-refractivity contribution is 6.28. The highest BCUT2D eigenvalue weighted by atomic mass is 15.2. The van der Waals surface area contributed by atoms with Crippen LogP contribution in [-0.2, 0) is 0 Å². The Kier molecular flexibility index (Phi) is 7.47. The third kappa shape index (κ3) is 5.30. The first-order valence-electron chi connectivity index (χ1n) is 18.1. The van der Waals surface area contributed by atoms with Crippen molar-refractivity contribution in [3.63, 3.8) is 0 Å². The van der Waals surface area contributed by atoms with E-state index in [-0.39, 0.29) is 0 Å². The normalized spacial score (nSPS) is 11.4. The summed E-state index contributed by atoms with van der Waals surface area (Å²) in [7, 11) is 0. The van der Waals surface area contributed by atoms with Crippen molar-refractivity contribution >= 4 is 77.5 Å². The standard InChI is InChI=1S/C50H35N3/c1-5-19-38(20-6-1)51(39-21-7-2-8-22-39)42-33-43(52(40-23-9-3-10-24-40)41-25-11-4-12-26-41)35-44(34-42)53-47-31-29-36-17-13-15-27-45(36)49(47)50-46-28-16-14-18-37(46)30-32-48(50)53/h1-35H. The molecule has 3 nitrogen and oxygen atoms in total. The van der Waals surface area contributed by atoms with E-state index >= 15 is 0 Å². The first kappa shape index (κ1) is 30.7. The Hall–Kier alpha value is -7.10. The molecule has 10 aromatic rings. The summed E-state index contributed by atoms with van der Waals surface area (Å²) in [5.74, 6) is 0. The van der Waals surface area contributed by atoms with Crippen molar-refractivity contribution < 1.29 is 0 Å². The van der Waals surface area contributed by atoms with Crippen LogP contribution in [0.2, 0.25) is 0 Å². The molecule has 0 fully saturated rings. The van der Waals surface area contributed by atoms with Crippen molar-refractivity contribution in [2.75, 3.05) is 9.80 Å². The summed E-state index contributed by atoms with van der Waals surface area (Å²) in [5.41, 5.74) is 9.91. The van der Waals surface area contributed by atoms with Gasteiger partial charge in [-0.05, 0) is 100 Å². The van der Waals surface area contributed by atoms with Gasteiger partial charge in [-0.3, -0.25) is 0 Å². The van der Waals surface area contributed by atoms with Gasteiger partial charge in [0.2, 0.25) is 0 Å². The molecular formula is C50H35N3. The highest BCUT2D eigenvalue weighted by Crippen LogP contribution is 2.45. The Labute approximate surface area is 308 Å². The molecule has 0 unspecified atom stereocenters. The molecule has 0 aliphatic rings. The summed E-state index contributed by atoms with van der Waals surface area (Å²) in [6, 6.07) is 76.4. The largest absolute Gasteiger partial charge is 0.310 e. The first-order valence-corrected chi connectivity index (χ1v) is 18.1. The lowest BCUT2D eigenvalue weighted by Gasteiger charge is -2.30. The topological polar surface area (TPSA) is 11.4 Å². The van der Waals surface area contributed by atoms with E-state index in [1.807, 2.05) is 0 Å². The lowest BCUT2D eigenvalue weighted by atomic mass is 10.00. The van der Waals surface area contributed by atoms with E-state index < -0.39 is 0 Å². The van der Waals surface area contributed by atoms with E-state index in [2.05, 4.69) is 227 Å². The first-order chi connectivity index (χ1) is 26.3. The third-order valence-corrected chi connectivity index (χ3v) is 10.3. The van der Waals surface area contributed by atoms with Gasteiger partial charge in [-0.25, -0.2) is 0 Å². The van der Waals surface area contributed by atoms with E-state index in [1.165, 1.54) is 43.4 Å². The Morgan fingerprint density at radius 1 is 0.283 bits per heavy atom. The Morgan fingerprint density at radius 2 is 0.623 bits per heavy atom. The van der Waals surface area contributed by atoms with Gasteiger partial charge in [-0.2, -0.15) is 0 Å². The summed E-state index contributed by atoms with van der Waals surface area (Å²) in [4.78, 5) is 4.72. The molecule has 53 heavy (non-hydrogen) atoms. The van der Waals surface area contributed by atoms with Gasteiger partial charge >= 0.3 is 0 Å². The van der Waals surface area contributed by atoms with Crippen molar-refractivity contribution in [1.29, 1.82) is 0 Å². The van der Waals surface area contributed by atoms with Crippen LogP contribution in [0, 0.1) is 0 Å². The summed E-state index contributed by atoms with van der Waals surface area (Å²) in [5, 5.41) is 7.53. The van der Waals surface area contributed by atoms with Gasteiger partial charge in [0.1, 0.15) is 0 Å². The zero-order valence-corrected chi connectivity index (χ0v) is 29.0. The summed E-state index contributed by atoms with van der Waals surface area (Å²) in [6.07, 6.45) is 0. The number of rotatable bonds is 7. The molecule has 0 aliphatic carbocycles. The molecule has 0 N–H and O–H groups in total. The maximum absolute atomic E-state index is 2.47. The average Bonchev–Trinajstić information content (AvgIpc) is 3.58. The van der Waals surface area contributed by atoms with Crippen LogP contribution in [0.1, 0.15) is 0 Å². The molecule has 250 valence electrons. The fourth-order valence-corrected chi connectivity index (χ4v) is 8.00. The highest BCUT2D eigenvalue weighted by Gasteiger charge is 2.22. The van der Waals surface area contributed by atoms with E-state index in [0.717, 1.165) is 39.8 Å². The maximum atomic E-state index is 2.47. The summed E-state index contributed by atoms with van der Waals surface area (Å²) < 4.78 is 2.47. The molecule has 0 atom stereocenters. The van der Waals surface area contributed by atoms with Crippen molar-refractivity contribution in [2.45, 2.75) is 0 Å². The van der Waals surface area contributed by atoms with Crippen molar-refractivity contribution in [2.24, 2.45) is 0 Å². The minimum absolute atomic E-state index is 1.06. The SMILES string of the molecule is c1ccc(N(c2ccccc2)c2cc(N(c3ccccc3)c3ccccc3)cc(-n3c4ccc5ccccc5c4c4c5ccccc5ccc43)c2)cc1.